The van der Waals surface area contributed by atoms with E-state index in [0.717, 1.165) is 30.2 Å². The summed E-state index contributed by atoms with van der Waals surface area (Å²) in [5.41, 5.74) is 6.61. The molecule has 2 aromatic rings. The van der Waals surface area contributed by atoms with Gasteiger partial charge in [-0.25, -0.2) is 0 Å². The van der Waals surface area contributed by atoms with E-state index >= 15 is 0 Å². The van der Waals surface area contributed by atoms with Crippen molar-refractivity contribution in [1.29, 1.82) is 0 Å². The summed E-state index contributed by atoms with van der Waals surface area (Å²) in [6.07, 6.45) is 3.66. The van der Waals surface area contributed by atoms with Gasteiger partial charge in [0.2, 0.25) is 5.91 Å². The summed E-state index contributed by atoms with van der Waals surface area (Å²) < 4.78 is 2.10. The third-order valence-corrected chi connectivity index (χ3v) is 5.46. The van der Waals surface area contributed by atoms with Crippen LogP contribution in [-0.2, 0) is 11.3 Å². The molecular formula is C17H22N4OS. The molecule has 3 rings (SSSR count). The third-order valence-electron chi connectivity index (χ3n) is 4.06. The van der Waals surface area contributed by atoms with E-state index in [0.29, 0.717) is 24.1 Å². The highest BCUT2D eigenvalue weighted by atomic mass is 32.2. The number of rotatable bonds is 8. The lowest BCUT2D eigenvalue weighted by Crippen LogP contribution is -2.15. The van der Waals surface area contributed by atoms with Crippen LogP contribution in [0.2, 0.25) is 0 Å². The van der Waals surface area contributed by atoms with E-state index in [2.05, 4.69) is 46.0 Å². The van der Waals surface area contributed by atoms with Gasteiger partial charge >= 0.3 is 0 Å². The fourth-order valence-electron chi connectivity index (χ4n) is 2.64. The van der Waals surface area contributed by atoms with Gasteiger partial charge in [-0.3, -0.25) is 4.79 Å². The smallest absolute Gasteiger partial charge is 0.219 e. The predicted octanol–water partition coefficient (Wildman–Crippen LogP) is 3.27. The van der Waals surface area contributed by atoms with Gasteiger partial charge in [0.15, 0.2) is 5.16 Å². The van der Waals surface area contributed by atoms with Crippen LogP contribution in [0, 0.1) is 0 Å². The number of nitrogens with zero attached hydrogens (tertiary/aromatic N) is 3. The van der Waals surface area contributed by atoms with Crippen molar-refractivity contribution in [3.8, 4) is 0 Å². The van der Waals surface area contributed by atoms with E-state index in [-0.39, 0.29) is 5.91 Å². The van der Waals surface area contributed by atoms with Gasteiger partial charge in [0, 0.05) is 24.1 Å². The average Bonchev–Trinajstić information content (AvgIpc) is 3.33. The monoisotopic (exact) mass is 330 g/mol. The Morgan fingerprint density at radius 3 is 2.70 bits per heavy atom. The van der Waals surface area contributed by atoms with Crippen molar-refractivity contribution < 1.29 is 4.79 Å². The first kappa shape index (κ1) is 16.1. The molecule has 122 valence electrons. The van der Waals surface area contributed by atoms with Gasteiger partial charge in [0.05, 0.1) is 0 Å². The summed E-state index contributed by atoms with van der Waals surface area (Å²) in [6.45, 7) is 2.75. The van der Waals surface area contributed by atoms with Crippen LogP contribution in [0.4, 0.5) is 0 Å². The van der Waals surface area contributed by atoms with Gasteiger partial charge < -0.3 is 10.3 Å². The summed E-state index contributed by atoms with van der Waals surface area (Å²) in [5.74, 6) is 1.23. The minimum atomic E-state index is -0.286. The van der Waals surface area contributed by atoms with E-state index in [1.165, 1.54) is 5.56 Å². The standard InChI is InChI=1S/C17H22N4OS/c1-2-14(12-6-4-3-5-7-12)23-17-20-19-16(13-8-9-13)21(17)11-10-15(18)22/h3-7,13-14H,2,8-11H2,1H3,(H2,18,22). The van der Waals surface area contributed by atoms with Crippen LogP contribution in [0.3, 0.4) is 0 Å². The molecule has 1 amide bonds. The Kier molecular flexibility index (Phi) is 5.00. The maximum atomic E-state index is 11.2. The number of benzene rings is 1. The van der Waals surface area contributed by atoms with Crippen molar-refractivity contribution >= 4 is 17.7 Å². The second kappa shape index (κ2) is 7.17. The SMILES string of the molecule is CCC(Sc1nnc(C2CC2)n1CCC(N)=O)c1ccccc1. The van der Waals surface area contributed by atoms with Crippen LogP contribution in [0.25, 0.3) is 0 Å². The lowest BCUT2D eigenvalue weighted by atomic mass is 10.1. The first-order valence-corrected chi connectivity index (χ1v) is 9.00. The minimum Gasteiger partial charge on any atom is -0.370 e. The summed E-state index contributed by atoms with van der Waals surface area (Å²) in [4.78, 5) is 11.2. The molecule has 0 spiro atoms. The van der Waals surface area contributed by atoms with Crippen LogP contribution >= 0.6 is 11.8 Å². The molecule has 1 heterocycles. The number of nitrogens with two attached hydrogens (primary N) is 1. The van der Waals surface area contributed by atoms with E-state index in [9.17, 15) is 4.79 Å². The number of amides is 1. The van der Waals surface area contributed by atoms with Crippen LogP contribution in [0.15, 0.2) is 35.5 Å². The second-order valence-corrected chi connectivity index (χ2v) is 7.08. The van der Waals surface area contributed by atoms with Crippen molar-refractivity contribution in [3.63, 3.8) is 0 Å². The van der Waals surface area contributed by atoms with E-state index in [1.807, 2.05) is 6.07 Å². The molecule has 1 atom stereocenters. The molecule has 23 heavy (non-hydrogen) atoms. The average molecular weight is 330 g/mol. The number of hydrogen-bond acceptors (Lipinski definition) is 4. The number of primary amides is 1. The molecule has 1 aromatic heterocycles. The van der Waals surface area contributed by atoms with Gasteiger partial charge in [-0.15, -0.1) is 10.2 Å². The number of hydrogen-bond donors (Lipinski definition) is 1. The van der Waals surface area contributed by atoms with E-state index < -0.39 is 0 Å². The van der Waals surface area contributed by atoms with Crippen molar-refractivity contribution in [1.82, 2.24) is 14.8 Å². The van der Waals surface area contributed by atoms with Crippen LogP contribution in [-0.4, -0.2) is 20.7 Å². The largest absolute Gasteiger partial charge is 0.370 e. The van der Waals surface area contributed by atoms with Crippen LogP contribution in [0.1, 0.15) is 55.2 Å². The summed E-state index contributed by atoms with van der Waals surface area (Å²) in [7, 11) is 0. The zero-order valence-electron chi connectivity index (χ0n) is 13.3. The van der Waals surface area contributed by atoms with Crippen molar-refractivity contribution in [3.05, 3.63) is 41.7 Å². The molecule has 1 aromatic carbocycles. The summed E-state index contributed by atoms with van der Waals surface area (Å²) in [6, 6.07) is 10.4. The number of aromatic nitrogens is 3. The normalized spacial score (nSPS) is 15.5. The highest BCUT2D eigenvalue weighted by molar-refractivity contribution is 7.99. The molecule has 6 heteroatoms. The molecule has 1 aliphatic carbocycles. The number of carbonyl (C=O) groups excluding carboxylic acids is 1. The Bertz CT molecular complexity index is 666. The highest BCUT2D eigenvalue weighted by Gasteiger charge is 2.31. The molecular weight excluding hydrogens is 308 g/mol. The van der Waals surface area contributed by atoms with Crippen molar-refractivity contribution in [2.24, 2.45) is 5.73 Å². The first-order chi connectivity index (χ1) is 11.2. The summed E-state index contributed by atoms with van der Waals surface area (Å²) >= 11 is 1.72. The number of carbonyl (C=O) groups is 1. The fourth-order valence-corrected chi connectivity index (χ4v) is 3.76. The van der Waals surface area contributed by atoms with Crippen LogP contribution < -0.4 is 5.73 Å². The van der Waals surface area contributed by atoms with Gasteiger partial charge in [-0.1, -0.05) is 49.0 Å². The molecule has 0 aliphatic heterocycles. The van der Waals surface area contributed by atoms with Gasteiger partial charge in [0.1, 0.15) is 5.82 Å². The maximum Gasteiger partial charge on any atom is 0.219 e. The topological polar surface area (TPSA) is 73.8 Å². The third kappa shape index (κ3) is 3.93. The Labute approximate surface area is 140 Å². The molecule has 1 aliphatic rings. The molecule has 2 N–H and O–H groups in total. The Hall–Kier alpha value is -1.82. The molecule has 0 saturated heterocycles. The molecule has 1 unspecified atom stereocenters. The van der Waals surface area contributed by atoms with Crippen molar-refractivity contribution in [2.45, 2.75) is 55.5 Å². The van der Waals surface area contributed by atoms with E-state index in [4.69, 9.17) is 5.73 Å². The fraction of sp³-hybridized carbons (Fsp3) is 0.471. The Morgan fingerprint density at radius 1 is 1.35 bits per heavy atom. The molecule has 0 bridgehead atoms. The van der Waals surface area contributed by atoms with Gasteiger partial charge in [-0.2, -0.15) is 0 Å². The van der Waals surface area contributed by atoms with Crippen LogP contribution in [0.5, 0.6) is 0 Å². The minimum absolute atomic E-state index is 0.286. The summed E-state index contributed by atoms with van der Waals surface area (Å²) in [5, 5.41) is 10.00. The molecule has 1 saturated carbocycles. The van der Waals surface area contributed by atoms with Gasteiger partial charge in [0.25, 0.3) is 0 Å². The predicted molar refractivity (Wildman–Crippen MR) is 91.1 cm³/mol. The Balaban J connectivity index is 1.82. The zero-order chi connectivity index (χ0) is 16.2. The van der Waals surface area contributed by atoms with Crippen molar-refractivity contribution in [2.75, 3.05) is 0 Å². The first-order valence-electron chi connectivity index (χ1n) is 8.12. The molecule has 5 nitrogen and oxygen atoms in total. The second-order valence-electron chi connectivity index (χ2n) is 5.91. The lowest BCUT2D eigenvalue weighted by molar-refractivity contribution is -0.118. The quantitative estimate of drug-likeness (QED) is 0.754. The zero-order valence-corrected chi connectivity index (χ0v) is 14.1. The Morgan fingerprint density at radius 2 is 2.09 bits per heavy atom. The highest BCUT2D eigenvalue weighted by Crippen LogP contribution is 2.42. The molecule has 1 fully saturated rings. The maximum absolute atomic E-state index is 11.2. The van der Waals surface area contributed by atoms with E-state index in [1.54, 1.807) is 11.8 Å². The van der Waals surface area contributed by atoms with Gasteiger partial charge in [-0.05, 0) is 24.8 Å². The molecule has 0 radical (unpaired) electrons. The lowest BCUT2D eigenvalue weighted by Gasteiger charge is -2.15. The number of thioether (sulfide) groups is 1.